The summed E-state index contributed by atoms with van der Waals surface area (Å²) >= 11 is 0. The van der Waals surface area contributed by atoms with Crippen molar-refractivity contribution in [3.8, 4) is 17.0 Å². The van der Waals surface area contributed by atoms with Gasteiger partial charge >= 0.3 is 15.6 Å². The van der Waals surface area contributed by atoms with E-state index in [2.05, 4.69) is 14.2 Å². The molecule has 20 heavy (non-hydrogen) atoms. The Morgan fingerprint density at radius 3 is 2.20 bits per heavy atom. The lowest BCUT2D eigenvalue weighted by atomic mass is 10.1. The lowest BCUT2D eigenvalue weighted by Gasteiger charge is -2.09. The van der Waals surface area contributed by atoms with Crippen LogP contribution in [0.15, 0.2) is 42.9 Å². The molecule has 0 aliphatic carbocycles. The molecule has 106 valence electrons. The molecule has 0 atom stereocenters. The van der Waals surface area contributed by atoms with Gasteiger partial charge in [0.2, 0.25) is 0 Å². The van der Waals surface area contributed by atoms with Crippen molar-refractivity contribution >= 4 is 10.1 Å². The highest BCUT2D eigenvalue weighted by Crippen LogP contribution is 2.28. The molecule has 0 radical (unpaired) electrons. The molecule has 1 heterocycles. The van der Waals surface area contributed by atoms with Gasteiger partial charge in [-0.15, -0.1) is 0 Å². The fourth-order valence-electron chi connectivity index (χ4n) is 1.32. The zero-order valence-electron chi connectivity index (χ0n) is 9.70. The molecular weight excluding hydrogens is 297 g/mol. The highest BCUT2D eigenvalue weighted by atomic mass is 32.2. The number of benzene rings is 1. The maximum atomic E-state index is 12.1. The molecular formula is C11H7F3N2O3S. The minimum atomic E-state index is -5.65. The first-order chi connectivity index (χ1) is 9.29. The van der Waals surface area contributed by atoms with E-state index in [-0.39, 0.29) is 0 Å². The van der Waals surface area contributed by atoms with Gasteiger partial charge in [-0.05, 0) is 30.3 Å². The Balaban J connectivity index is 2.22. The van der Waals surface area contributed by atoms with Crippen LogP contribution in [0.5, 0.6) is 5.75 Å². The quantitative estimate of drug-likeness (QED) is 0.643. The predicted octanol–water partition coefficient (Wildman–Crippen LogP) is 2.37. The molecule has 0 bridgehead atoms. The molecule has 9 heteroatoms. The van der Waals surface area contributed by atoms with E-state index in [4.69, 9.17) is 0 Å². The third kappa shape index (κ3) is 3.05. The average molecular weight is 304 g/mol. The van der Waals surface area contributed by atoms with E-state index in [0.717, 1.165) is 12.1 Å². The lowest BCUT2D eigenvalue weighted by molar-refractivity contribution is -0.0500. The van der Waals surface area contributed by atoms with Crippen LogP contribution in [-0.2, 0) is 10.1 Å². The fourth-order valence-corrected chi connectivity index (χ4v) is 1.78. The van der Waals surface area contributed by atoms with Crippen LogP contribution in [0, 0.1) is 0 Å². The highest BCUT2D eigenvalue weighted by Gasteiger charge is 2.48. The van der Waals surface area contributed by atoms with Gasteiger partial charge in [0.25, 0.3) is 0 Å². The number of aromatic nitrogens is 2. The van der Waals surface area contributed by atoms with E-state index in [1.807, 2.05) is 0 Å². The second kappa shape index (κ2) is 5.08. The summed E-state index contributed by atoms with van der Waals surface area (Å²) in [6, 6.07) is 6.61. The van der Waals surface area contributed by atoms with Crippen molar-refractivity contribution in [2.24, 2.45) is 0 Å². The van der Waals surface area contributed by atoms with Crippen molar-refractivity contribution in [3.63, 3.8) is 0 Å². The van der Waals surface area contributed by atoms with E-state index in [0.29, 0.717) is 11.3 Å². The maximum Gasteiger partial charge on any atom is 0.534 e. The number of hydrogen-bond acceptors (Lipinski definition) is 5. The van der Waals surface area contributed by atoms with Gasteiger partial charge in [-0.2, -0.15) is 21.6 Å². The maximum absolute atomic E-state index is 12.1. The van der Waals surface area contributed by atoms with Crippen molar-refractivity contribution < 1.29 is 25.8 Å². The van der Waals surface area contributed by atoms with E-state index in [1.54, 1.807) is 6.07 Å². The molecule has 5 nitrogen and oxygen atoms in total. The van der Waals surface area contributed by atoms with Crippen LogP contribution in [0.3, 0.4) is 0 Å². The molecule has 2 aromatic rings. The van der Waals surface area contributed by atoms with Crippen molar-refractivity contribution in [3.05, 3.63) is 42.9 Å². The van der Waals surface area contributed by atoms with Gasteiger partial charge in [-0.25, -0.2) is 9.97 Å². The normalized spacial score (nSPS) is 12.2. The molecule has 0 N–H and O–H groups in total. The number of rotatable bonds is 3. The fraction of sp³-hybridized carbons (Fsp3) is 0.0909. The molecule has 1 aromatic heterocycles. The standard InChI is InChI=1S/C11H7F3N2O3S/c12-11(13,14)20(17,18)19-9-3-1-8(2-4-9)10-5-6-15-7-16-10/h1-7H. The molecule has 2 rings (SSSR count). The Morgan fingerprint density at radius 1 is 1.05 bits per heavy atom. The largest absolute Gasteiger partial charge is 0.534 e. The first-order valence-electron chi connectivity index (χ1n) is 5.17. The Labute approximate surface area is 112 Å². The summed E-state index contributed by atoms with van der Waals surface area (Å²) in [4.78, 5) is 7.67. The van der Waals surface area contributed by atoms with Gasteiger partial charge in [0, 0.05) is 11.8 Å². The Bertz CT molecular complexity index is 685. The predicted molar refractivity (Wildman–Crippen MR) is 63.1 cm³/mol. The lowest BCUT2D eigenvalue weighted by Crippen LogP contribution is -2.28. The average Bonchev–Trinajstić information content (AvgIpc) is 2.39. The molecule has 0 saturated carbocycles. The number of halogens is 3. The van der Waals surface area contributed by atoms with E-state index < -0.39 is 21.4 Å². The minimum Gasteiger partial charge on any atom is -0.376 e. The van der Waals surface area contributed by atoms with Crippen molar-refractivity contribution in [2.75, 3.05) is 0 Å². The number of alkyl halides is 3. The minimum absolute atomic E-state index is 0.430. The third-order valence-electron chi connectivity index (χ3n) is 2.22. The third-order valence-corrected chi connectivity index (χ3v) is 3.20. The van der Waals surface area contributed by atoms with Crippen LogP contribution in [0.25, 0.3) is 11.3 Å². The first kappa shape index (κ1) is 14.3. The number of nitrogens with zero attached hydrogens (tertiary/aromatic N) is 2. The topological polar surface area (TPSA) is 69.2 Å². The second-order valence-corrected chi connectivity index (χ2v) is 5.14. The van der Waals surface area contributed by atoms with Gasteiger partial charge in [0.1, 0.15) is 12.1 Å². The van der Waals surface area contributed by atoms with Crippen molar-refractivity contribution in [1.82, 2.24) is 9.97 Å². The zero-order valence-corrected chi connectivity index (χ0v) is 10.5. The van der Waals surface area contributed by atoms with Crippen LogP contribution in [0.2, 0.25) is 0 Å². The molecule has 0 fully saturated rings. The molecule has 1 aromatic carbocycles. The molecule has 0 saturated heterocycles. The summed E-state index contributed by atoms with van der Waals surface area (Å²) in [6.07, 6.45) is 2.81. The first-order valence-corrected chi connectivity index (χ1v) is 6.58. The van der Waals surface area contributed by atoms with Crippen LogP contribution in [0.1, 0.15) is 0 Å². The summed E-state index contributed by atoms with van der Waals surface area (Å²) in [5.41, 5.74) is -4.33. The van der Waals surface area contributed by atoms with Crippen LogP contribution >= 0.6 is 0 Å². The summed E-state index contributed by atoms with van der Waals surface area (Å²) in [5, 5.41) is 0. The Kier molecular flexibility index (Phi) is 3.62. The zero-order chi connectivity index (χ0) is 14.8. The summed E-state index contributed by atoms with van der Waals surface area (Å²) in [6.45, 7) is 0. The van der Waals surface area contributed by atoms with Gasteiger partial charge in [-0.3, -0.25) is 0 Å². The van der Waals surface area contributed by atoms with E-state index >= 15 is 0 Å². The van der Waals surface area contributed by atoms with Gasteiger partial charge < -0.3 is 4.18 Å². The van der Waals surface area contributed by atoms with Crippen molar-refractivity contribution in [2.45, 2.75) is 5.51 Å². The smallest absolute Gasteiger partial charge is 0.376 e. The second-order valence-electron chi connectivity index (χ2n) is 3.60. The van der Waals surface area contributed by atoms with Crippen LogP contribution in [0.4, 0.5) is 13.2 Å². The molecule has 0 amide bonds. The van der Waals surface area contributed by atoms with Gasteiger partial charge in [-0.1, -0.05) is 0 Å². The number of hydrogen-bond donors (Lipinski definition) is 0. The van der Waals surface area contributed by atoms with E-state index in [9.17, 15) is 21.6 Å². The van der Waals surface area contributed by atoms with Crippen molar-refractivity contribution in [1.29, 1.82) is 0 Å². The Morgan fingerprint density at radius 2 is 1.70 bits per heavy atom. The van der Waals surface area contributed by atoms with Gasteiger partial charge in [0.05, 0.1) is 5.69 Å². The summed E-state index contributed by atoms with van der Waals surface area (Å²) in [7, 11) is -5.65. The van der Waals surface area contributed by atoms with Crippen LogP contribution in [-0.4, -0.2) is 23.9 Å². The summed E-state index contributed by atoms with van der Waals surface area (Å²) in [5.74, 6) is -0.430. The molecule has 0 aliphatic heterocycles. The van der Waals surface area contributed by atoms with Crippen LogP contribution < -0.4 is 4.18 Å². The highest BCUT2D eigenvalue weighted by molar-refractivity contribution is 7.87. The van der Waals surface area contributed by atoms with E-state index in [1.165, 1.54) is 24.7 Å². The summed E-state index contributed by atoms with van der Waals surface area (Å²) < 4.78 is 62.0. The molecule has 0 unspecified atom stereocenters. The monoisotopic (exact) mass is 304 g/mol. The molecule has 0 spiro atoms. The molecule has 0 aliphatic rings. The Hall–Kier alpha value is -2.16. The SMILES string of the molecule is O=S(=O)(Oc1ccc(-c2ccncn2)cc1)C(F)(F)F. The van der Waals surface area contributed by atoms with Gasteiger partial charge in [0.15, 0.2) is 0 Å².